The van der Waals surface area contributed by atoms with E-state index in [1.807, 2.05) is 4.90 Å². The van der Waals surface area contributed by atoms with Gasteiger partial charge in [-0.05, 0) is 49.3 Å². The Morgan fingerprint density at radius 2 is 1.90 bits per heavy atom. The van der Waals surface area contributed by atoms with Gasteiger partial charge in [0.25, 0.3) is 11.5 Å². The largest absolute Gasteiger partial charge is 0.452 e. The van der Waals surface area contributed by atoms with Gasteiger partial charge in [0.2, 0.25) is 0 Å². The summed E-state index contributed by atoms with van der Waals surface area (Å²) in [6, 6.07) is 4.80. The van der Waals surface area contributed by atoms with Gasteiger partial charge in [0.1, 0.15) is 5.82 Å². The monoisotopic (exact) mass is 409 g/mol. The highest BCUT2D eigenvalue weighted by atomic mass is 16.5. The Balaban J connectivity index is 1.24. The van der Waals surface area contributed by atoms with Crippen molar-refractivity contribution in [2.24, 2.45) is 11.8 Å². The maximum Gasteiger partial charge on any atom is 0.338 e. The van der Waals surface area contributed by atoms with Crippen molar-refractivity contribution in [3.63, 3.8) is 0 Å². The van der Waals surface area contributed by atoms with E-state index in [0.29, 0.717) is 28.9 Å². The minimum Gasteiger partial charge on any atom is -0.452 e. The summed E-state index contributed by atoms with van der Waals surface area (Å²) in [4.78, 5) is 44.1. The second-order valence-corrected chi connectivity index (χ2v) is 8.83. The number of carbonyl (C=O) groups is 2. The van der Waals surface area contributed by atoms with Gasteiger partial charge in [0.15, 0.2) is 6.61 Å². The van der Waals surface area contributed by atoms with Crippen molar-refractivity contribution in [1.82, 2.24) is 14.5 Å². The molecule has 2 fully saturated rings. The fourth-order valence-electron chi connectivity index (χ4n) is 5.34. The fraction of sp³-hybridized carbons (Fsp3) is 0.565. The first kappa shape index (κ1) is 19.3. The molecule has 2 aliphatic heterocycles. The van der Waals surface area contributed by atoms with Crippen LogP contribution in [0.25, 0.3) is 10.9 Å². The van der Waals surface area contributed by atoms with Gasteiger partial charge in [-0.3, -0.25) is 14.2 Å². The van der Waals surface area contributed by atoms with Gasteiger partial charge >= 0.3 is 5.97 Å². The maximum absolute atomic E-state index is 12.6. The molecule has 0 bridgehead atoms. The molecule has 1 aliphatic carbocycles. The van der Waals surface area contributed by atoms with Gasteiger partial charge in [-0.25, -0.2) is 9.78 Å². The normalized spacial score (nSPS) is 23.1. The third kappa shape index (κ3) is 3.50. The van der Waals surface area contributed by atoms with Gasteiger partial charge in [0, 0.05) is 26.1 Å². The van der Waals surface area contributed by atoms with Gasteiger partial charge in [-0.1, -0.05) is 19.3 Å². The third-order valence-electron chi connectivity index (χ3n) is 7.02. The molecule has 0 N–H and O–H groups in total. The summed E-state index contributed by atoms with van der Waals surface area (Å²) in [5.74, 6) is 1.43. The number of piperidine rings is 1. The minimum absolute atomic E-state index is 0.0614. The predicted molar refractivity (Wildman–Crippen MR) is 111 cm³/mol. The number of amides is 1. The number of aryl methyl sites for hydroxylation is 1. The number of hydrogen-bond acceptors (Lipinski definition) is 5. The highest BCUT2D eigenvalue weighted by Crippen LogP contribution is 2.36. The van der Waals surface area contributed by atoms with Gasteiger partial charge in [-0.15, -0.1) is 0 Å². The Morgan fingerprint density at radius 3 is 2.77 bits per heavy atom. The Morgan fingerprint density at radius 1 is 1.07 bits per heavy atom. The standard InChI is InChI=1S/C23H27N3O4/c27-21(25-11-9-15-4-1-2-5-17(15)13-25)14-30-23(29)16-7-8-18-19(12-16)24-20-6-3-10-26(20)22(18)28/h7-8,12,15,17H,1-6,9-11,13-14H2/t15-,17-/m0/s1. The van der Waals surface area contributed by atoms with Crippen LogP contribution in [0.1, 0.15) is 54.7 Å². The summed E-state index contributed by atoms with van der Waals surface area (Å²) in [6.45, 7) is 2.00. The number of fused-ring (bicyclic) bond motifs is 3. The van der Waals surface area contributed by atoms with Crippen molar-refractivity contribution in [3.8, 4) is 0 Å². The third-order valence-corrected chi connectivity index (χ3v) is 7.02. The Kier molecular flexibility index (Phi) is 5.05. The van der Waals surface area contributed by atoms with Gasteiger partial charge in [0.05, 0.1) is 16.5 Å². The topological polar surface area (TPSA) is 81.5 Å². The molecule has 1 saturated carbocycles. The van der Waals surface area contributed by atoms with Crippen molar-refractivity contribution in [2.45, 2.75) is 51.5 Å². The van der Waals surface area contributed by atoms with E-state index >= 15 is 0 Å². The van der Waals surface area contributed by atoms with E-state index in [4.69, 9.17) is 4.74 Å². The zero-order valence-corrected chi connectivity index (χ0v) is 17.1. The van der Waals surface area contributed by atoms with Crippen molar-refractivity contribution in [2.75, 3.05) is 19.7 Å². The van der Waals surface area contributed by atoms with E-state index in [0.717, 1.165) is 44.1 Å². The number of ether oxygens (including phenoxy) is 1. The fourth-order valence-corrected chi connectivity index (χ4v) is 5.34. The summed E-state index contributed by atoms with van der Waals surface area (Å²) in [6.07, 6.45) is 7.77. The van der Waals surface area contributed by atoms with Crippen LogP contribution < -0.4 is 5.56 Å². The molecule has 30 heavy (non-hydrogen) atoms. The lowest BCUT2D eigenvalue weighted by Crippen LogP contribution is -2.46. The zero-order chi connectivity index (χ0) is 20.7. The molecular weight excluding hydrogens is 382 g/mol. The molecule has 158 valence electrons. The Bertz CT molecular complexity index is 1060. The van der Waals surface area contributed by atoms with Gasteiger partial charge in [-0.2, -0.15) is 0 Å². The summed E-state index contributed by atoms with van der Waals surface area (Å²) in [5.41, 5.74) is 0.762. The second-order valence-electron chi connectivity index (χ2n) is 8.83. The SMILES string of the molecule is O=C(OCC(=O)N1CC[C@@H]2CCCC[C@H]2C1)c1ccc2c(=O)n3c(nc2c1)CCC3. The molecule has 7 nitrogen and oxygen atoms in total. The van der Waals surface area contributed by atoms with E-state index in [1.54, 1.807) is 22.8 Å². The number of benzene rings is 1. The molecule has 0 unspecified atom stereocenters. The average molecular weight is 409 g/mol. The summed E-state index contributed by atoms with van der Waals surface area (Å²) < 4.78 is 7.01. The number of esters is 1. The quantitative estimate of drug-likeness (QED) is 0.728. The smallest absolute Gasteiger partial charge is 0.338 e. The molecule has 5 rings (SSSR count). The summed E-state index contributed by atoms with van der Waals surface area (Å²) >= 11 is 0. The van der Waals surface area contributed by atoms with E-state index in [9.17, 15) is 14.4 Å². The lowest BCUT2D eigenvalue weighted by atomic mass is 9.75. The molecule has 3 heterocycles. The molecule has 1 amide bonds. The van der Waals surface area contributed by atoms with Crippen LogP contribution in [-0.2, 0) is 22.5 Å². The van der Waals surface area contributed by atoms with Crippen LogP contribution in [0, 0.1) is 11.8 Å². The van der Waals surface area contributed by atoms with E-state index in [1.165, 1.54) is 25.7 Å². The minimum atomic E-state index is -0.555. The van der Waals surface area contributed by atoms with E-state index < -0.39 is 5.97 Å². The molecule has 2 atom stereocenters. The number of carbonyl (C=O) groups excluding carboxylic acids is 2. The molecular formula is C23H27N3O4. The summed E-state index contributed by atoms with van der Waals surface area (Å²) in [7, 11) is 0. The summed E-state index contributed by atoms with van der Waals surface area (Å²) in [5, 5.41) is 0.503. The van der Waals surface area contributed by atoms with Gasteiger partial charge < -0.3 is 9.64 Å². The molecule has 1 aromatic heterocycles. The first-order valence-electron chi connectivity index (χ1n) is 11.1. The highest BCUT2D eigenvalue weighted by molar-refractivity contribution is 5.95. The van der Waals surface area contributed by atoms with Crippen molar-refractivity contribution < 1.29 is 14.3 Å². The van der Waals surface area contributed by atoms with Crippen LogP contribution in [0.2, 0.25) is 0 Å². The number of nitrogens with zero attached hydrogens (tertiary/aromatic N) is 3. The average Bonchev–Trinajstić information content (AvgIpc) is 3.25. The number of aromatic nitrogens is 2. The Hall–Kier alpha value is -2.70. The first-order valence-corrected chi connectivity index (χ1v) is 11.1. The van der Waals surface area contributed by atoms with Crippen LogP contribution >= 0.6 is 0 Å². The van der Waals surface area contributed by atoms with Crippen LogP contribution in [0.3, 0.4) is 0 Å². The van der Waals surface area contributed by atoms with Crippen molar-refractivity contribution >= 4 is 22.8 Å². The molecule has 0 spiro atoms. The highest BCUT2D eigenvalue weighted by Gasteiger charge is 2.33. The van der Waals surface area contributed by atoms with Crippen LogP contribution in [0.5, 0.6) is 0 Å². The lowest BCUT2D eigenvalue weighted by molar-refractivity contribution is -0.137. The zero-order valence-electron chi connectivity index (χ0n) is 17.1. The molecule has 7 heteroatoms. The molecule has 1 saturated heterocycles. The Labute approximate surface area is 175 Å². The van der Waals surface area contributed by atoms with Crippen molar-refractivity contribution in [3.05, 3.63) is 39.9 Å². The number of likely N-dealkylation sites (tertiary alicyclic amines) is 1. The maximum atomic E-state index is 12.6. The van der Waals surface area contributed by atoms with Crippen molar-refractivity contribution in [1.29, 1.82) is 0 Å². The van der Waals surface area contributed by atoms with E-state index in [2.05, 4.69) is 4.98 Å². The number of rotatable bonds is 3. The molecule has 2 aromatic rings. The molecule has 1 aromatic carbocycles. The second kappa shape index (κ2) is 7.85. The van der Waals surface area contributed by atoms with Crippen LogP contribution in [-0.4, -0.2) is 46.0 Å². The number of hydrogen-bond donors (Lipinski definition) is 0. The predicted octanol–water partition coefficient (Wildman–Crippen LogP) is 2.54. The molecule has 0 radical (unpaired) electrons. The molecule has 3 aliphatic rings. The first-order chi connectivity index (χ1) is 14.6. The van der Waals surface area contributed by atoms with E-state index in [-0.39, 0.29) is 18.1 Å². The van der Waals surface area contributed by atoms with Crippen LogP contribution in [0.4, 0.5) is 0 Å². The lowest BCUT2D eigenvalue weighted by Gasteiger charge is -2.41. The van der Waals surface area contributed by atoms with Crippen LogP contribution in [0.15, 0.2) is 23.0 Å².